The summed E-state index contributed by atoms with van der Waals surface area (Å²) < 4.78 is 0. The van der Waals surface area contributed by atoms with Gasteiger partial charge in [0, 0.05) is 6.20 Å². The summed E-state index contributed by atoms with van der Waals surface area (Å²) in [6, 6.07) is 0. The van der Waals surface area contributed by atoms with Crippen molar-refractivity contribution in [1.82, 2.24) is 0 Å². The molecule has 0 aliphatic heterocycles. The monoisotopic (exact) mass is 123 g/mol. The molecule has 0 fully saturated rings. The van der Waals surface area contributed by atoms with Crippen LogP contribution in [0.4, 0.5) is 0 Å². The molecule has 0 spiro atoms. The van der Waals surface area contributed by atoms with Crippen LogP contribution in [0.1, 0.15) is 13.3 Å². The number of allylic oxidation sites excluding steroid dienone is 2. The Bertz CT molecular complexity index is 114. The standard InChI is InChI=1S/C8H13N/c1-4-8(2)6-5-7-9-3/h4-5,7-8H,1,3,6H2,2H3/b7-5-. The Hall–Kier alpha value is -0.850. The Morgan fingerprint density at radius 2 is 2.33 bits per heavy atom. The number of rotatable bonds is 4. The molecule has 1 nitrogen and oxygen atoms in total. The molecule has 0 aromatic heterocycles. The second kappa shape index (κ2) is 5.29. The highest BCUT2D eigenvalue weighted by Crippen LogP contribution is 2.02. The van der Waals surface area contributed by atoms with Crippen molar-refractivity contribution in [3.05, 3.63) is 24.9 Å². The van der Waals surface area contributed by atoms with Crippen LogP contribution < -0.4 is 0 Å². The van der Waals surface area contributed by atoms with Crippen molar-refractivity contribution in [3.8, 4) is 0 Å². The van der Waals surface area contributed by atoms with E-state index in [-0.39, 0.29) is 0 Å². The molecule has 0 aliphatic carbocycles. The fourth-order valence-corrected chi connectivity index (χ4v) is 0.446. The maximum absolute atomic E-state index is 3.66. The minimum atomic E-state index is 0.544. The minimum Gasteiger partial charge on any atom is -0.273 e. The van der Waals surface area contributed by atoms with Crippen molar-refractivity contribution >= 4 is 6.72 Å². The van der Waals surface area contributed by atoms with Gasteiger partial charge in [-0.1, -0.05) is 19.1 Å². The Morgan fingerprint density at radius 1 is 1.67 bits per heavy atom. The SMILES string of the molecule is C=CC(C)C/C=C\N=C. The molecule has 0 aromatic carbocycles. The third-order valence-corrected chi connectivity index (χ3v) is 1.12. The van der Waals surface area contributed by atoms with Gasteiger partial charge in [0.15, 0.2) is 0 Å². The van der Waals surface area contributed by atoms with Crippen LogP contribution >= 0.6 is 0 Å². The molecule has 9 heavy (non-hydrogen) atoms. The average molecular weight is 123 g/mol. The summed E-state index contributed by atoms with van der Waals surface area (Å²) in [4.78, 5) is 3.58. The molecule has 0 amide bonds. The lowest BCUT2D eigenvalue weighted by Gasteiger charge is -1.96. The fourth-order valence-electron chi connectivity index (χ4n) is 0.446. The van der Waals surface area contributed by atoms with Crippen molar-refractivity contribution in [3.63, 3.8) is 0 Å². The number of nitrogens with zero attached hydrogens (tertiary/aromatic N) is 1. The molecule has 0 radical (unpaired) electrons. The van der Waals surface area contributed by atoms with Crippen LogP contribution in [0.5, 0.6) is 0 Å². The highest BCUT2D eigenvalue weighted by molar-refractivity contribution is 5.25. The molecule has 0 heterocycles. The van der Waals surface area contributed by atoms with Crippen molar-refractivity contribution in [2.75, 3.05) is 0 Å². The van der Waals surface area contributed by atoms with E-state index in [4.69, 9.17) is 0 Å². The Kier molecular flexibility index (Phi) is 4.79. The van der Waals surface area contributed by atoms with Gasteiger partial charge in [-0.15, -0.1) is 6.58 Å². The first-order valence-corrected chi connectivity index (χ1v) is 3.04. The van der Waals surface area contributed by atoms with Gasteiger partial charge in [0.05, 0.1) is 0 Å². The van der Waals surface area contributed by atoms with E-state index in [9.17, 15) is 0 Å². The first kappa shape index (κ1) is 8.15. The molecule has 50 valence electrons. The number of hydrogen-bond acceptors (Lipinski definition) is 1. The molecule has 0 bridgehead atoms. The summed E-state index contributed by atoms with van der Waals surface area (Å²) in [6.45, 7) is 9.09. The summed E-state index contributed by atoms with van der Waals surface area (Å²) in [6.07, 6.45) is 6.62. The van der Waals surface area contributed by atoms with Crippen LogP contribution in [0.2, 0.25) is 0 Å². The summed E-state index contributed by atoms with van der Waals surface area (Å²) >= 11 is 0. The van der Waals surface area contributed by atoms with Gasteiger partial charge in [-0.2, -0.15) is 0 Å². The van der Waals surface area contributed by atoms with E-state index in [1.165, 1.54) is 0 Å². The third kappa shape index (κ3) is 5.01. The quantitative estimate of drug-likeness (QED) is 0.402. The molecule has 1 unspecified atom stereocenters. The molecule has 0 aromatic rings. The Morgan fingerprint density at radius 3 is 2.78 bits per heavy atom. The van der Waals surface area contributed by atoms with E-state index in [1.807, 2.05) is 12.2 Å². The zero-order chi connectivity index (χ0) is 7.11. The molecule has 0 saturated heterocycles. The Balaban J connectivity index is 3.36. The van der Waals surface area contributed by atoms with Crippen molar-refractivity contribution in [1.29, 1.82) is 0 Å². The molecule has 0 N–H and O–H groups in total. The summed E-state index contributed by atoms with van der Waals surface area (Å²) in [5.41, 5.74) is 0. The molecule has 0 saturated carbocycles. The first-order valence-electron chi connectivity index (χ1n) is 3.04. The van der Waals surface area contributed by atoms with Gasteiger partial charge in [-0.05, 0) is 19.1 Å². The van der Waals surface area contributed by atoms with Crippen LogP contribution in [0, 0.1) is 5.92 Å². The van der Waals surface area contributed by atoms with Gasteiger partial charge >= 0.3 is 0 Å². The second-order valence-electron chi connectivity index (χ2n) is 2.02. The maximum atomic E-state index is 3.66. The van der Waals surface area contributed by atoms with Crippen LogP contribution in [-0.4, -0.2) is 6.72 Å². The molecule has 0 aliphatic rings. The predicted molar refractivity (Wildman–Crippen MR) is 42.7 cm³/mol. The highest BCUT2D eigenvalue weighted by Gasteiger charge is 1.88. The van der Waals surface area contributed by atoms with Crippen molar-refractivity contribution in [2.45, 2.75) is 13.3 Å². The van der Waals surface area contributed by atoms with Crippen LogP contribution in [0.3, 0.4) is 0 Å². The van der Waals surface area contributed by atoms with Crippen molar-refractivity contribution < 1.29 is 0 Å². The highest BCUT2D eigenvalue weighted by atomic mass is 14.6. The molecule has 1 atom stereocenters. The van der Waals surface area contributed by atoms with Crippen LogP contribution in [0.15, 0.2) is 29.9 Å². The van der Waals surface area contributed by atoms with Gasteiger partial charge in [-0.3, -0.25) is 4.99 Å². The Labute approximate surface area is 56.8 Å². The zero-order valence-electron chi connectivity index (χ0n) is 5.88. The topological polar surface area (TPSA) is 12.4 Å². The van der Waals surface area contributed by atoms with Gasteiger partial charge in [0.1, 0.15) is 0 Å². The minimum absolute atomic E-state index is 0.544. The summed E-state index contributed by atoms with van der Waals surface area (Å²) in [5.74, 6) is 0.544. The largest absolute Gasteiger partial charge is 0.273 e. The summed E-state index contributed by atoms with van der Waals surface area (Å²) in [7, 11) is 0. The van der Waals surface area contributed by atoms with E-state index < -0.39 is 0 Å². The van der Waals surface area contributed by atoms with E-state index in [0.717, 1.165) is 6.42 Å². The zero-order valence-corrected chi connectivity index (χ0v) is 5.88. The number of aliphatic imine (C=N–C) groups is 1. The van der Waals surface area contributed by atoms with E-state index in [1.54, 1.807) is 6.20 Å². The van der Waals surface area contributed by atoms with Gasteiger partial charge in [0.25, 0.3) is 0 Å². The molecular formula is C8H13N. The molecular weight excluding hydrogens is 110 g/mol. The average Bonchev–Trinajstić information content (AvgIpc) is 1.89. The van der Waals surface area contributed by atoms with Gasteiger partial charge < -0.3 is 0 Å². The van der Waals surface area contributed by atoms with Crippen LogP contribution in [-0.2, 0) is 0 Å². The third-order valence-electron chi connectivity index (χ3n) is 1.12. The number of hydrogen-bond donors (Lipinski definition) is 0. The van der Waals surface area contributed by atoms with E-state index >= 15 is 0 Å². The van der Waals surface area contributed by atoms with E-state index in [2.05, 4.69) is 25.2 Å². The second-order valence-corrected chi connectivity index (χ2v) is 2.02. The smallest absolute Gasteiger partial charge is 0.0220 e. The van der Waals surface area contributed by atoms with E-state index in [0.29, 0.717) is 5.92 Å². The normalized spacial score (nSPS) is 13.4. The van der Waals surface area contributed by atoms with Gasteiger partial charge in [0.2, 0.25) is 0 Å². The van der Waals surface area contributed by atoms with Gasteiger partial charge in [-0.25, -0.2) is 0 Å². The lowest BCUT2D eigenvalue weighted by molar-refractivity contribution is 0.746. The lowest BCUT2D eigenvalue weighted by Crippen LogP contribution is -1.82. The fraction of sp³-hybridized carbons (Fsp3) is 0.375. The van der Waals surface area contributed by atoms with Crippen LogP contribution in [0.25, 0.3) is 0 Å². The van der Waals surface area contributed by atoms with Crippen molar-refractivity contribution in [2.24, 2.45) is 10.9 Å². The molecule has 0 rings (SSSR count). The first-order chi connectivity index (χ1) is 4.31. The summed E-state index contributed by atoms with van der Waals surface area (Å²) in [5, 5.41) is 0. The lowest BCUT2D eigenvalue weighted by atomic mass is 10.1. The maximum Gasteiger partial charge on any atom is 0.0220 e. The predicted octanol–water partition coefficient (Wildman–Crippen LogP) is 2.41. The molecule has 1 heteroatoms.